The number of sulfonamides is 1. The van der Waals surface area contributed by atoms with E-state index in [-0.39, 0.29) is 10.8 Å². The van der Waals surface area contributed by atoms with Crippen LogP contribution in [0, 0.1) is 0 Å². The Morgan fingerprint density at radius 3 is 2.79 bits per heavy atom. The molecule has 0 radical (unpaired) electrons. The van der Waals surface area contributed by atoms with Gasteiger partial charge in [-0.1, -0.05) is 0 Å². The normalized spacial score (nSPS) is 20.1. The predicted octanol–water partition coefficient (Wildman–Crippen LogP) is 0.588. The molecule has 19 heavy (non-hydrogen) atoms. The summed E-state index contributed by atoms with van der Waals surface area (Å²) in [6.07, 6.45) is 1.25. The van der Waals surface area contributed by atoms with Crippen LogP contribution >= 0.6 is 15.9 Å². The molecule has 1 aliphatic heterocycles. The highest BCUT2D eigenvalue weighted by molar-refractivity contribution is 9.10. The molecule has 0 spiro atoms. The molecule has 1 unspecified atom stereocenters. The van der Waals surface area contributed by atoms with E-state index in [1.165, 1.54) is 12.1 Å². The minimum Gasteiger partial charge on any atom is -0.398 e. The van der Waals surface area contributed by atoms with E-state index in [9.17, 15) is 13.2 Å². The van der Waals surface area contributed by atoms with E-state index in [1.807, 2.05) is 0 Å². The summed E-state index contributed by atoms with van der Waals surface area (Å²) in [5, 5.41) is 2.63. The topological polar surface area (TPSA) is 101 Å². The molecule has 0 aliphatic carbocycles. The molecule has 0 bridgehead atoms. The Morgan fingerprint density at radius 2 is 2.16 bits per heavy atom. The third-order valence-corrected chi connectivity index (χ3v) is 5.05. The minimum atomic E-state index is -3.74. The summed E-state index contributed by atoms with van der Waals surface area (Å²) in [6, 6.07) is 3.63. The summed E-state index contributed by atoms with van der Waals surface area (Å²) < 4.78 is 27.3. The number of nitrogens with one attached hydrogen (secondary N) is 2. The van der Waals surface area contributed by atoms with Crippen molar-refractivity contribution in [3.63, 3.8) is 0 Å². The van der Waals surface area contributed by atoms with Crippen molar-refractivity contribution < 1.29 is 13.2 Å². The van der Waals surface area contributed by atoms with E-state index >= 15 is 0 Å². The molecule has 1 fully saturated rings. The van der Waals surface area contributed by atoms with E-state index in [4.69, 9.17) is 5.73 Å². The summed E-state index contributed by atoms with van der Waals surface area (Å²) in [6.45, 7) is 0.586. The summed E-state index contributed by atoms with van der Waals surface area (Å²) in [5.41, 5.74) is 5.99. The van der Waals surface area contributed by atoms with Gasteiger partial charge in [0.2, 0.25) is 15.9 Å². The third kappa shape index (κ3) is 3.26. The van der Waals surface area contributed by atoms with E-state index < -0.39 is 16.1 Å². The second-order valence-corrected chi connectivity index (χ2v) is 6.86. The van der Waals surface area contributed by atoms with Gasteiger partial charge in [-0.15, -0.1) is 0 Å². The first-order chi connectivity index (χ1) is 8.90. The SMILES string of the molecule is Nc1cc(S(=O)(=O)NC2CCCNC2=O)ccc1Br. The number of rotatable bonds is 3. The Morgan fingerprint density at radius 1 is 1.42 bits per heavy atom. The number of carbonyl (C=O) groups excluding carboxylic acids is 1. The van der Waals surface area contributed by atoms with Crippen LogP contribution in [0.1, 0.15) is 12.8 Å². The van der Waals surface area contributed by atoms with Gasteiger partial charge in [-0.05, 0) is 47.0 Å². The van der Waals surface area contributed by atoms with Crippen molar-refractivity contribution >= 4 is 37.5 Å². The zero-order chi connectivity index (χ0) is 14.0. The van der Waals surface area contributed by atoms with Crippen LogP contribution in [0.4, 0.5) is 5.69 Å². The fourth-order valence-electron chi connectivity index (χ4n) is 1.83. The molecule has 2 rings (SSSR count). The Kier molecular flexibility index (Phi) is 4.12. The van der Waals surface area contributed by atoms with Gasteiger partial charge in [0.25, 0.3) is 0 Å². The molecule has 1 aromatic carbocycles. The van der Waals surface area contributed by atoms with Crippen LogP contribution in [0.25, 0.3) is 0 Å². The number of piperidine rings is 1. The third-order valence-electron chi connectivity index (χ3n) is 2.86. The van der Waals surface area contributed by atoms with E-state index in [0.717, 1.165) is 6.42 Å². The van der Waals surface area contributed by atoms with Gasteiger partial charge in [-0.2, -0.15) is 4.72 Å². The van der Waals surface area contributed by atoms with Gasteiger partial charge >= 0.3 is 0 Å². The van der Waals surface area contributed by atoms with Gasteiger partial charge in [-0.25, -0.2) is 8.42 Å². The van der Waals surface area contributed by atoms with Crippen LogP contribution in [0.3, 0.4) is 0 Å². The van der Waals surface area contributed by atoms with E-state index in [0.29, 0.717) is 23.1 Å². The van der Waals surface area contributed by atoms with Gasteiger partial charge in [-0.3, -0.25) is 4.79 Å². The quantitative estimate of drug-likeness (QED) is 0.696. The number of amides is 1. The van der Waals surface area contributed by atoms with E-state index in [1.54, 1.807) is 6.07 Å². The molecule has 1 atom stereocenters. The number of carbonyl (C=O) groups is 1. The molecule has 1 heterocycles. The van der Waals surface area contributed by atoms with Crippen LogP contribution in [0.2, 0.25) is 0 Å². The lowest BCUT2D eigenvalue weighted by Crippen LogP contribution is -2.50. The zero-order valence-electron chi connectivity index (χ0n) is 10.0. The Bertz CT molecular complexity index is 603. The van der Waals surface area contributed by atoms with Crippen molar-refractivity contribution in [2.24, 2.45) is 0 Å². The molecule has 0 aromatic heterocycles. The molecule has 1 aliphatic rings. The molecular formula is C11H14BrN3O3S. The minimum absolute atomic E-state index is 0.0478. The van der Waals surface area contributed by atoms with Crippen LogP contribution < -0.4 is 15.8 Å². The van der Waals surface area contributed by atoms with Gasteiger partial charge in [0.1, 0.15) is 6.04 Å². The maximum atomic E-state index is 12.1. The summed E-state index contributed by atoms with van der Waals surface area (Å²) in [5.74, 6) is -0.292. The maximum absolute atomic E-state index is 12.1. The first-order valence-electron chi connectivity index (χ1n) is 5.75. The average Bonchev–Trinajstić information content (AvgIpc) is 2.35. The molecular weight excluding hydrogens is 334 g/mol. The summed E-state index contributed by atoms with van der Waals surface area (Å²) in [4.78, 5) is 11.6. The zero-order valence-corrected chi connectivity index (χ0v) is 12.4. The first-order valence-corrected chi connectivity index (χ1v) is 8.03. The molecule has 104 valence electrons. The molecule has 1 aromatic rings. The number of halogens is 1. The van der Waals surface area contributed by atoms with Gasteiger partial charge in [0.05, 0.1) is 4.90 Å². The molecule has 6 nitrogen and oxygen atoms in total. The maximum Gasteiger partial charge on any atom is 0.241 e. The van der Waals surface area contributed by atoms with Crippen molar-refractivity contribution in [1.82, 2.24) is 10.0 Å². The highest BCUT2D eigenvalue weighted by Gasteiger charge is 2.27. The summed E-state index contributed by atoms with van der Waals surface area (Å²) in [7, 11) is -3.74. The average molecular weight is 348 g/mol. The predicted molar refractivity (Wildman–Crippen MR) is 74.9 cm³/mol. The molecule has 8 heteroatoms. The van der Waals surface area contributed by atoms with Gasteiger partial charge in [0.15, 0.2) is 0 Å². The van der Waals surface area contributed by atoms with Crippen molar-refractivity contribution in [1.29, 1.82) is 0 Å². The lowest BCUT2D eigenvalue weighted by atomic mass is 10.1. The van der Waals surface area contributed by atoms with E-state index in [2.05, 4.69) is 26.0 Å². The molecule has 4 N–H and O–H groups in total. The Hall–Kier alpha value is -1.12. The number of nitrogen functional groups attached to an aromatic ring is 1. The Balaban J connectivity index is 2.22. The second-order valence-electron chi connectivity index (χ2n) is 4.29. The van der Waals surface area contributed by atoms with Gasteiger partial charge in [0, 0.05) is 16.7 Å². The molecule has 1 saturated heterocycles. The second kappa shape index (κ2) is 5.48. The largest absolute Gasteiger partial charge is 0.398 e. The van der Waals surface area contributed by atoms with Gasteiger partial charge < -0.3 is 11.1 Å². The van der Waals surface area contributed by atoms with Crippen LogP contribution in [-0.4, -0.2) is 26.9 Å². The first kappa shape index (κ1) is 14.3. The fourth-order valence-corrected chi connectivity index (χ4v) is 3.34. The molecule has 0 saturated carbocycles. The number of hydrogen-bond acceptors (Lipinski definition) is 4. The number of nitrogens with two attached hydrogens (primary N) is 1. The molecule has 1 amide bonds. The summed E-state index contributed by atoms with van der Waals surface area (Å²) >= 11 is 3.20. The van der Waals surface area contributed by atoms with Crippen molar-refractivity contribution in [3.8, 4) is 0 Å². The monoisotopic (exact) mass is 347 g/mol. The number of benzene rings is 1. The van der Waals surface area contributed by atoms with Crippen molar-refractivity contribution in [3.05, 3.63) is 22.7 Å². The standard InChI is InChI=1S/C11H14BrN3O3S/c12-8-4-3-7(6-9(8)13)19(17,18)15-10-2-1-5-14-11(10)16/h3-4,6,10,15H,1-2,5,13H2,(H,14,16). The lowest BCUT2D eigenvalue weighted by molar-refractivity contribution is -0.124. The van der Waals surface area contributed by atoms with Crippen molar-refractivity contribution in [2.75, 3.05) is 12.3 Å². The van der Waals surface area contributed by atoms with Crippen LogP contribution in [0.5, 0.6) is 0 Å². The Labute approximate surface area is 119 Å². The highest BCUT2D eigenvalue weighted by atomic mass is 79.9. The highest BCUT2D eigenvalue weighted by Crippen LogP contribution is 2.23. The fraction of sp³-hybridized carbons (Fsp3) is 0.364. The van der Waals surface area contributed by atoms with Crippen molar-refractivity contribution in [2.45, 2.75) is 23.8 Å². The van der Waals surface area contributed by atoms with Crippen LogP contribution in [-0.2, 0) is 14.8 Å². The number of anilines is 1. The van der Waals surface area contributed by atoms with Crippen LogP contribution in [0.15, 0.2) is 27.6 Å². The number of hydrogen-bond donors (Lipinski definition) is 3. The smallest absolute Gasteiger partial charge is 0.241 e. The lowest BCUT2D eigenvalue weighted by Gasteiger charge is -2.22.